The standard InChI is InChI=1S/C48H62F2N8O6.C13H14N2OS/c1-5-34-37(49)9-6-28-20-32(60)21-35(39(28)34)41-40(50)42-36(22-51-41)44(58-23-29-7-8-30(24-58)52-29)55-46(54-42)64-27-48(14-15-48)26-56-16-11-33(12-17-56)63-19-13-38(61)53-43(47(2,3)4)45(62)57-18-10-31(59)25-57;1-9(14-7-16)11-3-5-12(6-4-11)13-10(2)15-8-17-13/h6,9,20-22,29-31,33,43,52,59-60H,5,7-8,10-19,23-27H2,1-4H3,(H,53,61);3-9H,1-2H3,(H,14,16)/t29-,30?,31?,43?;/m0./s1. The molecule has 11 rings (SSSR count). The summed E-state index contributed by atoms with van der Waals surface area (Å²) in [5.41, 5.74) is 5.37. The number of aromatic hydroxyl groups is 1. The zero-order valence-corrected chi connectivity index (χ0v) is 48.1. The highest BCUT2D eigenvalue weighted by Gasteiger charge is 2.46. The van der Waals surface area contributed by atoms with Crippen molar-refractivity contribution in [2.75, 3.05) is 63.9 Å². The number of aromatic nitrogens is 4. The van der Waals surface area contributed by atoms with Crippen LogP contribution in [0.25, 0.3) is 43.4 Å². The molecule has 2 bridgehead atoms. The number of rotatable bonds is 18. The highest BCUT2D eigenvalue weighted by Crippen LogP contribution is 2.47. The molecule has 3 amide bonds. The highest BCUT2D eigenvalue weighted by atomic mass is 32.1. The maximum atomic E-state index is 17.1. The molecular formula is C61H76F2N10O7S. The molecule has 17 nitrogen and oxygen atoms in total. The first-order chi connectivity index (χ1) is 38.9. The number of thiazole rings is 1. The molecule has 3 aromatic heterocycles. The molecule has 7 heterocycles. The summed E-state index contributed by atoms with van der Waals surface area (Å²) in [6, 6.07) is 14.2. The van der Waals surface area contributed by atoms with Gasteiger partial charge in [0, 0.05) is 81.5 Å². The Bertz CT molecular complexity index is 3230. The first-order valence-electron chi connectivity index (χ1n) is 28.6. The molecule has 5 atom stereocenters. The van der Waals surface area contributed by atoms with Gasteiger partial charge in [0.15, 0.2) is 5.82 Å². The van der Waals surface area contributed by atoms with Crippen LogP contribution in [0, 0.1) is 29.4 Å². The molecule has 81 heavy (non-hydrogen) atoms. The molecule has 4 saturated heterocycles. The number of halogens is 2. The fraction of sp³-hybridized carbons (Fsp3) is 0.525. The van der Waals surface area contributed by atoms with Gasteiger partial charge in [-0.25, -0.2) is 13.8 Å². The minimum atomic E-state index is -0.685. The fourth-order valence-corrected chi connectivity index (χ4v) is 12.8. The smallest absolute Gasteiger partial charge is 0.319 e. The van der Waals surface area contributed by atoms with Crippen molar-refractivity contribution in [2.24, 2.45) is 10.8 Å². The number of ether oxygens (including phenoxy) is 2. The summed E-state index contributed by atoms with van der Waals surface area (Å²) in [5, 5.41) is 31.5. The Hall–Kier alpha value is -6.45. The summed E-state index contributed by atoms with van der Waals surface area (Å²) in [5.74, 6) is -0.970. The van der Waals surface area contributed by atoms with E-state index in [2.05, 4.69) is 47.9 Å². The molecule has 0 radical (unpaired) electrons. The molecule has 5 aliphatic rings. The lowest BCUT2D eigenvalue weighted by atomic mass is 9.85. The van der Waals surface area contributed by atoms with Crippen molar-refractivity contribution in [1.82, 2.24) is 45.7 Å². The van der Waals surface area contributed by atoms with Gasteiger partial charge in [-0.05, 0) is 116 Å². The van der Waals surface area contributed by atoms with Crippen LogP contribution in [-0.4, -0.2) is 148 Å². The predicted octanol–water partition coefficient (Wildman–Crippen LogP) is 8.41. The van der Waals surface area contributed by atoms with E-state index < -0.39 is 29.2 Å². The van der Waals surface area contributed by atoms with Crippen molar-refractivity contribution in [1.29, 1.82) is 0 Å². The molecule has 5 N–H and O–H groups in total. The number of aliphatic hydroxyl groups excluding tert-OH is 1. The van der Waals surface area contributed by atoms with Gasteiger partial charge >= 0.3 is 6.01 Å². The Morgan fingerprint density at radius 1 is 0.975 bits per heavy atom. The molecule has 0 spiro atoms. The molecule has 432 valence electrons. The average molecular weight is 1130 g/mol. The Balaban J connectivity index is 0.000000370. The van der Waals surface area contributed by atoms with Crippen molar-refractivity contribution < 1.29 is 42.9 Å². The maximum Gasteiger partial charge on any atom is 0.319 e. The van der Waals surface area contributed by atoms with Gasteiger partial charge in [0.25, 0.3) is 0 Å². The van der Waals surface area contributed by atoms with Gasteiger partial charge in [0.1, 0.15) is 34.6 Å². The predicted molar refractivity (Wildman–Crippen MR) is 309 cm³/mol. The normalized spacial score (nSPS) is 20.7. The maximum absolute atomic E-state index is 17.1. The molecule has 6 aromatic rings. The third kappa shape index (κ3) is 13.3. The van der Waals surface area contributed by atoms with Gasteiger partial charge in [-0.3, -0.25) is 19.4 Å². The van der Waals surface area contributed by atoms with Gasteiger partial charge < -0.3 is 50.3 Å². The number of phenols is 1. The Labute approximate surface area is 476 Å². The van der Waals surface area contributed by atoms with Crippen molar-refractivity contribution in [3.63, 3.8) is 0 Å². The summed E-state index contributed by atoms with van der Waals surface area (Å²) >= 11 is 1.64. The molecule has 1 saturated carbocycles. The van der Waals surface area contributed by atoms with E-state index in [1.54, 1.807) is 34.6 Å². The van der Waals surface area contributed by atoms with E-state index in [4.69, 9.17) is 19.4 Å². The number of anilines is 1. The second kappa shape index (κ2) is 24.6. The summed E-state index contributed by atoms with van der Waals surface area (Å²) < 4.78 is 44.9. The second-order valence-electron chi connectivity index (χ2n) is 23.9. The molecular weight excluding hydrogens is 1050 g/mol. The van der Waals surface area contributed by atoms with E-state index in [1.165, 1.54) is 22.6 Å². The average Bonchev–Trinajstić information content (AvgIpc) is 3.78. The number of hydrogen-bond acceptors (Lipinski definition) is 15. The zero-order valence-electron chi connectivity index (χ0n) is 47.3. The molecule has 4 unspecified atom stereocenters. The van der Waals surface area contributed by atoms with Crippen LogP contribution in [0.1, 0.15) is 109 Å². The number of hydrogen-bond donors (Lipinski definition) is 5. The number of benzene rings is 3. The van der Waals surface area contributed by atoms with Crippen LogP contribution in [0.3, 0.4) is 0 Å². The monoisotopic (exact) mass is 1130 g/mol. The number of piperidine rings is 1. The number of nitrogens with zero attached hydrogens (tertiary/aromatic N) is 7. The van der Waals surface area contributed by atoms with E-state index >= 15 is 8.78 Å². The van der Waals surface area contributed by atoms with Crippen LogP contribution in [0.5, 0.6) is 11.8 Å². The van der Waals surface area contributed by atoms with E-state index in [-0.39, 0.29) is 65.4 Å². The van der Waals surface area contributed by atoms with Gasteiger partial charge in [-0.2, -0.15) is 9.97 Å². The van der Waals surface area contributed by atoms with Crippen molar-refractivity contribution in [2.45, 2.75) is 136 Å². The summed E-state index contributed by atoms with van der Waals surface area (Å²) in [6.45, 7) is 17.0. The number of nitrogens with one attached hydrogen (secondary N) is 3. The number of amides is 3. The minimum Gasteiger partial charge on any atom is -0.508 e. The summed E-state index contributed by atoms with van der Waals surface area (Å²) in [7, 11) is 0. The number of pyridine rings is 1. The molecule has 4 aliphatic heterocycles. The number of phenolic OH excluding ortho intramolecular Hbond substituents is 1. The van der Waals surface area contributed by atoms with E-state index in [9.17, 15) is 24.6 Å². The van der Waals surface area contributed by atoms with Crippen LogP contribution in [0.4, 0.5) is 14.6 Å². The zero-order chi connectivity index (χ0) is 57.2. The van der Waals surface area contributed by atoms with Crippen molar-refractivity contribution >= 4 is 57.1 Å². The minimum absolute atomic E-state index is 0.0280. The first-order valence-corrected chi connectivity index (χ1v) is 29.5. The number of fused-ring (bicyclic) bond motifs is 4. The van der Waals surface area contributed by atoms with Crippen molar-refractivity contribution in [3.8, 4) is 33.5 Å². The quantitative estimate of drug-likeness (QED) is 0.0513. The lowest BCUT2D eigenvalue weighted by molar-refractivity contribution is -0.139. The largest absolute Gasteiger partial charge is 0.508 e. The van der Waals surface area contributed by atoms with Crippen molar-refractivity contribution in [3.05, 3.63) is 88.7 Å². The topological polar surface area (TPSA) is 207 Å². The number of piperazine rings is 1. The number of carbonyl (C=O) groups excluding carboxylic acids is 3. The molecule has 1 aliphatic carbocycles. The number of β-amino-alcohol motifs (C(OH)–C–C–N with tert-alkyl or cyclic N) is 1. The number of likely N-dealkylation sites (tertiary alicyclic amines) is 2. The molecule has 20 heteroatoms. The van der Waals surface area contributed by atoms with Crippen LogP contribution in [0.2, 0.25) is 0 Å². The summed E-state index contributed by atoms with van der Waals surface area (Å²) in [4.78, 5) is 62.5. The van der Waals surface area contributed by atoms with Gasteiger partial charge in [-0.15, -0.1) is 11.3 Å². The van der Waals surface area contributed by atoms with Gasteiger partial charge in [0.2, 0.25) is 18.2 Å². The lowest BCUT2D eigenvalue weighted by Crippen LogP contribution is -2.54. The fourth-order valence-electron chi connectivity index (χ4n) is 12.0. The summed E-state index contributed by atoms with van der Waals surface area (Å²) in [6.07, 6.45) is 8.66. The first kappa shape index (κ1) is 57.8. The third-order valence-corrected chi connectivity index (χ3v) is 17.8. The Morgan fingerprint density at radius 2 is 1.72 bits per heavy atom. The Morgan fingerprint density at radius 3 is 2.36 bits per heavy atom. The third-order valence-electron chi connectivity index (χ3n) is 16.8. The van der Waals surface area contributed by atoms with Crippen LogP contribution < -0.4 is 25.6 Å². The second-order valence-corrected chi connectivity index (χ2v) is 24.8. The number of carbonyl (C=O) groups is 3. The SMILES string of the molecule is CCc1c(F)ccc2cc(O)cc(-c3ncc4c(N5CC6CC[C@@H](C5)N6)nc(OCC5(CN6CCC(OCCC(=O)NC(C(=O)N7CCC(O)C7)C(C)(C)C)CC6)CC5)nc4c3F)c12.Cc1ncsc1-c1ccc(C(C)NC=O)cc1. The lowest BCUT2D eigenvalue weighted by Gasteiger charge is -2.35. The van der Waals surface area contributed by atoms with E-state index in [1.807, 2.05) is 59.2 Å². The van der Waals surface area contributed by atoms with Crippen LogP contribution in [-0.2, 0) is 25.5 Å². The van der Waals surface area contributed by atoms with Crippen LogP contribution in [0.15, 0.2) is 60.2 Å². The number of aryl methyl sites for hydroxylation is 2. The van der Waals surface area contributed by atoms with Gasteiger partial charge in [0.05, 0.1) is 52.9 Å². The highest BCUT2D eigenvalue weighted by molar-refractivity contribution is 7.13. The number of aliphatic hydroxyl groups is 1. The van der Waals surface area contributed by atoms with Gasteiger partial charge in [-0.1, -0.05) is 58.0 Å². The molecule has 5 fully saturated rings. The van der Waals surface area contributed by atoms with E-state index in [0.717, 1.165) is 75.8 Å². The van der Waals surface area contributed by atoms with E-state index in [0.29, 0.717) is 90.8 Å². The van der Waals surface area contributed by atoms with Crippen LogP contribution >= 0.6 is 11.3 Å². The molecule has 3 aromatic carbocycles. The Kier molecular flexibility index (Phi) is 17.5.